The van der Waals surface area contributed by atoms with Gasteiger partial charge < -0.3 is 14.8 Å². The van der Waals surface area contributed by atoms with Gasteiger partial charge in [-0.3, -0.25) is 0 Å². The van der Waals surface area contributed by atoms with E-state index in [2.05, 4.69) is 41.2 Å². The van der Waals surface area contributed by atoms with Gasteiger partial charge in [0.15, 0.2) is 0 Å². The number of nitrogens with one attached hydrogen (secondary N) is 1. The highest BCUT2D eigenvalue weighted by molar-refractivity contribution is 9.10. The summed E-state index contributed by atoms with van der Waals surface area (Å²) in [7, 11) is 0. The summed E-state index contributed by atoms with van der Waals surface area (Å²) in [5.74, 6) is 0.938. The Balaban J connectivity index is 1.78. The van der Waals surface area contributed by atoms with Gasteiger partial charge in [0.25, 0.3) is 0 Å². The lowest BCUT2D eigenvalue weighted by molar-refractivity contribution is 0.0186. The van der Waals surface area contributed by atoms with Crippen molar-refractivity contribution in [3.05, 3.63) is 28.2 Å². The molecule has 1 aliphatic heterocycles. The van der Waals surface area contributed by atoms with E-state index in [1.807, 2.05) is 12.1 Å². The molecule has 1 saturated heterocycles. The van der Waals surface area contributed by atoms with Crippen LogP contribution in [-0.4, -0.2) is 31.9 Å². The minimum atomic E-state index is 0.224. The summed E-state index contributed by atoms with van der Waals surface area (Å²) in [5, 5.41) is 3.33. The van der Waals surface area contributed by atoms with Crippen molar-refractivity contribution in [3.8, 4) is 5.75 Å². The van der Waals surface area contributed by atoms with Crippen LogP contribution < -0.4 is 10.1 Å². The SMILES string of the molecule is CCNCC1CCC(COc2cc(Br)ccc2C)O1. The fourth-order valence-corrected chi connectivity index (χ4v) is 2.61. The molecule has 1 aromatic carbocycles. The molecule has 1 N–H and O–H groups in total. The van der Waals surface area contributed by atoms with Gasteiger partial charge in [0.1, 0.15) is 12.4 Å². The molecule has 19 heavy (non-hydrogen) atoms. The number of ether oxygens (including phenoxy) is 2. The predicted molar refractivity (Wildman–Crippen MR) is 80.8 cm³/mol. The molecule has 3 nitrogen and oxygen atoms in total. The van der Waals surface area contributed by atoms with E-state index < -0.39 is 0 Å². The summed E-state index contributed by atoms with van der Waals surface area (Å²) >= 11 is 3.47. The molecule has 2 rings (SSSR count). The van der Waals surface area contributed by atoms with Crippen LogP contribution in [0.3, 0.4) is 0 Å². The second-order valence-electron chi connectivity index (χ2n) is 4.99. The van der Waals surface area contributed by atoms with Crippen LogP contribution in [0.15, 0.2) is 22.7 Å². The van der Waals surface area contributed by atoms with Crippen molar-refractivity contribution in [2.24, 2.45) is 0 Å². The van der Waals surface area contributed by atoms with E-state index in [-0.39, 0.29) is 6.10 Å². The highest BCUT2D eigenvalue weighted by Crippen LogP contribution is 2.25. The third-order valence-corrected chi connectivity index (χ3v) is 3.89. The van der Waals surface area contributed by atoms with Gasteiger partial charge in [-0.05, 0) is 44.0 Å². The molecule has 1 fully saturated rings. The number of halogens is 1. The van der Waals surface area contributed by atoms with Crippen molar-refractivity contribution >= 4 is 15.9 Å². The first-order valence-corrected chi connectivity index (χ1v) is 7.73. The Morgan fingerprint density at radius 1 is 1.37 bits per heavy atom. The van der Waals surface area contributed by atoms with Crippen LogP contribution in [0.2, 0.25) is 0 Å². The summed E-state index contributed by atoms with van der Waals surface area (Å²) in [4.78, 5) is 0. The minimum Gasteiger partial charge on any atom is -0.491 e. The number of hydrogen-bond donors (Lipinski definition) is 1. The largest absolute Gasteiger partial charge is 0.491 e. The third-order valence-electron chi connectivity index (χ3n) is 3.39. The molecular weight excluding hydrogens is 306 g/mol. The average Bonchev–Trinajstić information content (AvgIpc) is 2.85. The smallest absolute Gasteiger partial charge is 0.123 e. The molecule has 0 spiro atoms. The number of likely N-dealkylation sites (N-methyl/N-ethyl adjacent to an activating group) is 1. The van der Waals surface area contributed by atoms with Crippen LogP contribution in [0.25, 0.3) is 0 Å². The maximum atomic E-state index is 5.96. The zero-order valence-corrected chi connectivity index (χ0v) is 13.2. The van der Waals surface area contributed by atoms with E-state index in [1.54, 1.807) is 0 Å². The normalized spacial score (nSPS) is 22.7. The summed E-state index contributed by atoms with van der Waals surface area (Å²) in [6.45, 7) is 6.76. The highest BCUT2D eigenvalue weighted by Gasteiger charge is 2.25. The van der Waals surface area contributed by atoms with Crippen molar-refractivity contribution in [2.45, 2.75) is 38.9 Å². The van der Waals surface area contributed by atoms with Gasteiger partial charge in [-0.1, -0.05) is 28.9 Å². The first-order valence-electron chi connectivity index (χ1n) is 6.94. The van der Waals surface area contributed by atoms with Crippen LogP contribution in [0.1, 0.15) is 25.3 Å². The zero-order valence-electron chi connectivity index (χ0n) is 11.6. The molecule has 0 radical (unpaired) electrons. The molecule has 1 aromatic rings. The molecule has 1 heterocycles. The van der Waals surface area contributed by atoms with E-state index >= 15 is 0 Å². The Hall–Kier alpha value is -0.580. The van der Waals surface area contributed by atoms with Crippen molar-refractivity contribution in [2.75, 3.05) is 19.7 Å². The zero-order chi connectivity index (χ0) is 13.7. The van der Waals surface area contributed by atoms with Crippen LogP contribution >= 0.6 is 15.9 Å². The fraction of sp³-hybridized carbons (Fsp3) is 0.600. The van der Waals surface area contributed by atoms with Gasteiger partial charge in [0, 0.05) is 11.0 Å². The third kappa shape index (κ3) is 4.48. The predicted octanol–water partition coefficient (Wildman–Crippen LogP) is 3.29. The van der Waals surface area contributed by atoms with E-state index in [0.29, 0.717) is 12.7 Å². The Morgan fingerprint density at radius 2 is 2.16 bits per heavy atom. The second kappa shape index (κ2) is 7.27. The summed E-state index contributed by atoms with van der Waals surface area (Å²) < 4.78 is 12.9. The quantitative estimate of drug-likeness (QED) is 0.869. The molecule has 106 valence electrons. The molecule has 2 atom stereocenters. The van der Waals surface area contributed by atoms with Gasteiger partial charge in [-0.15, -0.1) is 0 Å². The van der Waals surface area contributed by atoms with Gasteiger partial charge in [0.05, 0.1) is 12.2 Å². The number of rotatable bonds is 6. The van der Waals surface area contributed by atoms with E-state index in [4.69, 9.17) is 9.47 Å². The van der Waals surface area contributed by atoms with Crippen LogP contribution in [-0.2, 0) is 4.74 Å². The van der Waals surface area contributed by atoms with Crippen LogP contribution in [0, 0.1) is 6.92 Å². The van der Waals surface area contributed by atoms with Gasteiger partial charge >= 0.3 is 0 Å². The van der Waals surface area contributed by atoms with Gasteiger partial charge in [-0.2, -0.15) is 0 Å². The van der Waals surface area contributed by atoms with Crippen molar-refractivity contribution in [3.63, 3.8) is 0 Å². The van der Waals surface area contributed by atoms with Gasteiger partial charge in [-0.25, -0.2) is 0 Å². The summed E-state index contributed by atoms with van der Waals surface area (Å²) in [5.41, 5.74) is 1.16. The fourth-order valence-electron chi connectivity index (χ4n) is 2.27. The molecule has 0 aliphatic carbocycles. The van der Waals surface area contributed by atoms with Crippen molar-refractivity contribution in [1.82, 2.24) is 5.32 Å². The lowest BCUT2D eigenvalue weighted by atomic mass is 10.2. The number of benzene rings is 1. The molecule has 1 aliphatic rings. The van der Waals surface area contributed by atoms with Crippen molar-refractivity contribution in [1.29, 1.82) is 0 Å². The summed E-state index contributed by atoms with van der Waals surface area (Å²) in [6.07, 6.45) is 2.78. The minimum absolute atomic E-state index is 0.224. The lowest BCUT2D eigenvalue weighted by Crippen LogP contribution is -2.28. The Bertz CT molecular complexity index is 411. The molecule has 4 heteroatoms. The van der Waals surface area contributed by atoms with Crippen LogP contribution in [0.5, 0.6) is 5.75 Å². The van der Waals surface area contributed by atoms with Crippen molar-refractivity contribution < 1.29 is 9.47 Å². The lowest BCUT2D eigenvalue weighted by Gasteiger charge is -2.16. The molecule has 2 unspecified atom stereocenters. The second-order valence-corrected chi connectivity index (χ2v) is 5.90. The first kappa shape index (κ1) is 14.8. The monoisotopic (exact) mass is 327 g/mol. The Labute approximate surface area is 123 Å². The summed E-state index contributed by atoms with van der Waals surface area (Å²) in [6, 6.07) is 6.10. The van der Waals surface area contributed by atoms with E-state index in [0.717, 1.165) is 41.7 Å². The first-order chi connectivity index (χ1) is 9.19. The number of aryl methyl sites for hydroxylation is 1. The maximum absolute atomic E-state index is 5.96. The molecule has 0 bridgehead atoms. The van der Waals surface area contributed by atoms with Crippen LogP contribution in [0.4, 0.5) is 0 Å². The molecule has 0 saturated carbocycles. The maximum Gasteiger partial charge on any atom is 0.123 e. The standard InChI is InChI=1S/C15H22BrNO2/c1-3-17-9-13-6-7-14(19-13)10-18-15-8-12(16)5-4-11(15)2/h4-5,8,13-14,17H,3,6-7,9-10H2,1-2H3. The Kier molecular flexibility index (Phi) is 5.67. The van der Waals surface area contributed by atoms with Gasteiger partial charge in [0.2, 0.25) is 0 Å². The highest BCUT2D eigenvalue weighted by atomic mass is 79.9. The van der Waals surface area contributed by atoms with E-state index in [9.17, 15) is 0 Å². The van der Waals surface area contributed by atoms with E-state index in [1.165, 1.54) is 0 Å². The molecule has 0 amide bonds. The Morgan fingerprint density at radius 3 is 2.95 bits per heavy atom. The molecule has 0 aromatic heterocycles. The average molecular weight is 328 g/mol. The molecular formula is C15H22BrNO2. The number of hydrogen-bond acceptors (Lipinski definition) is 3. The topological polar surface area (TPSA) is 30.5 Å².